The third-order valence-corrected chi connectivity index (χ3v) is 3.36. The molecule has 0 fully saturated rings. The maximum atomic E-state index is 5.20. The Bertz CT molecular complexity index is 357. The van der Waals surface area contributed by atoms with Gasteiger partial charge >= 0.3 is 0 Å². The van der Waals surface area contributed by atoms with E-state index in [-0.39, 0.29) is 5.41 Å². The van der Waals surface area contributed by atoms with Crippen LogP contribution in [0.2, 0.25) is 0 Å². The molecule has 90 valence electrons. The molecule has 1 aromatic rings. The van der Waals surface area contributed by atoms with Crippen LogP contribution < -0.4 is 10.1 Å². The second-order valence-electron chi connectivity index (χ2n) is 4.98. The first-order chi connectivity index (χ1) is 7.40. The summed E-state index contributed by atoms with van der Waals surface area (Å²) in [5, 5.41) is 3.37. The Balaban J connectivity index is 3.12. The van der Waals surface area contributed by atoms with Crippen molar-refractivity contribution in [3.8, 4) is 5.75 Å². The topological polar surface area (TPSA) is 21.3 Å². The number of hydrogen-bond acceptors (Lipinski definition) is 2. The fraction of sp³-hybridized carbons (Fsp3) is 0.538. The summed E-state index contributed by atoms with van der Waals surface area (Å²) >= 11 is 3.60. The Hall–Kier alpha value is -0.540. The molecular weight excluding hydrogens is 266 g/mol. The van der Waals surface area contributed by atoms with Crippen LogP contribution in [0.5, 0.6) is 5.75 Å². The summed E-state index contributed by atoms with van der Waals surface area (Å²) in [5.41, 5.74) is 1.43. The lowest BCUT2D eigenvalue weighted by atomic mass is 9.82. The molecule has 16 heavy (non-hydrogen) atoms. The van der Waals surface area contributed by atoms with Crippen molar-refractivity contribution in [2.45, 2.75) is 26.8 Å². The van der Waals surface area contributed by atoms with Gasteiger partial charge in [0.1, 0.15) is 5.75 Å². The van der Waals surface area contributed by atoms with Gasteiger partial charge in [0.15, 0.2) is 0 Å². The van der Waals surface area contributed by atoms with E-state index in [1.54, 1.807) is 7.11 Å². The number of nitrogens with one attached hydrogen (secondary N) is 1. The van der Waals surface area contributed by atoms with Gasteiger partial charge in [-0.05, 0) is 30.2 Å². The molecule has 0 saturated carbocycles. The van der Waals surface area contributed by atoms with Crippen LogP contribution in [-0.2, 0) is 0 Å². The van der Waals surface area contributed by atoms with Gasteiger partial charge in [0, 0.05) is 10.5 Å². The molecule has 0 aliphatic heterocycles. The third kappa shape index (κ3) is 2.98. The quantitative estimate of drug-likeness (QED) is 0.913. The van der Waals surface area contributed by atoms with Gasteiger partial charge in [-0.3, -0.25) is 0 Å². The number of benzene rings is 1. The first-order valence-electron chi connectivity index (χ1n) is 5.41. The lowest BCUT2D eigenvalue weighted by Gasteiger charge is -2.31. The van der Waals surface area contributed by atoms with E-state index in [1.165, 1.54) is 5.56 Å². The standard InChI is InChI=1S/C13H20BrNO/c1-13(2,3)12(15-4)10-7-6-9(16-5)8-11(10)14/h6-8,12,15H,1-5H3. The highest BCUT2D eigenvalue weighted by Crippen LogP contribution is 2.37. The summed E-state index contributed by atoms with van der Waals surface area (Å²) in [7, 11) is 3.67. The molecule has 1 atom stereocenters. The molecular formula is C13H20BrNO. The molecule has 0 heterocycles. The van der Waals surface area contributed by atoms with Crippen molar-refractivity contribution in [2.75, 3.05) is 14.2 Å². The molecule has 0 bridgehead atoms. The van der Waals surface area contributed by atoms with Gasteiger partial charge in [0.05, 0.1) is 7.11 Å². The summed E-state index contributed by atoms with van der Waals surface area (Å²) in [4.78, 5) is 0. The maximum Gasteiger partial charge on any atom is 0.120 e. The van der Waals surface area contributed by atoms with Crippen LogP contribution in [0.25, 0.3) is 0 Å². The highest BCUT2D eigenvalue weighted by Gasteiger charge is 2.26. The van der Waals surface area contributed by atoms with Crippen molar-refractivity contribution in [3.05, 3.63) is 28.2 Å². The highest BCUT2D eigenvalue weighted by atomic mass is 79.9. The molecule has 0 saturated heterocycles. The van der Waals surface area contributed by atoms with Crippen molar-refractivity contribution >= 4 is 15.9 Å². The molecule has 1 unspecified atom stereocenters. The van der Waals surface area contributed by atoms with Crippen LogP contribution in [0, 0.1) is 5.41 Å². The zero-order valence-corrected chi connectivity index (χ0v) is 12.2. The molecule has 0 spiro atoms. The SMILES string of the molecule is CNC(c1ccc(OC)cc1Br)C(C)(C)C. The molecule has 2 nitrogen and oxygen atoms in total. The highest BCUT2D eigenvalue weighted by molar-refractivity contribution is 9.10. The molecule has 0 aliphatic carbocycles. The molecule has 0 aromatic heterocycles. The minimum absolute atomic E-state index is 0.172. The van der Waals surface area contributed by atoms with Gasteiger partial charge in [-0.2, -0.15) is 0 Å². The Kier molecular flexibility index (Phi) is 4.39. The Morgan fingerprint density at radius 2 is 1.94 bits per heavy atom. The minimum atomic E-state index is 0.172. The predicted octanol–water partition coefficient (Wildman–Crippen LogP) is 3.76. The average molecular weight is 286 g/mol. The second-order valence-corrected chi connectivity index (χ2v) is 5.83. The number of methoxy groups -OCH3 is 1. The van der Waals surface area contributed by atoms with Crippen molar-refractivity contribution in [1.82, 2.24) is 5.32 Å². The van der Waals surface area contributed by atoms with E-state index >= 15 is 0 Å². The number of rotatable bonds is 3. The summed E-state index contributed by atoms with van der Waals surface area (Å²) in [6, 6.07) is 6.42. The van der Waals surface area contributed by atoms with E-state index in [0.29, 0.717) is 6.04 Å². The van der Waals surface area contributed by atoms with E-state index in [2.05, 4.69) is 48.1 Å². The van der Waals surface area contributed by atoms with Crippen molar-refractivity contribution < 1.29 is 4.74 Å². The van der Waals surface area contributed by atoms with Crippen LogP contribution in [0.4, 0.5) is 0 Å². The fourth-order valence-corrected chi connectivity index (χ4v) is 2.51. The van der Waals surface area contributed by atoms with Gasteiger partial charge in [0.2, 0.25) is 0 Å². The van der Waals surface area contributed by atoms with Gasteiger partial charge in [-0.25, -0.2) is 0 Å². The van der Waals surface area contributed by atoms with Crippen molar-refractivity contribution in [3.63, 3.8) is 0 Å². The Morgan fingerprint density at radius 3 is 2.31 bits per heavy atom. The molecule has 0 aliphatic rings. The first kappa shape index (κ1) is 13.5. The van der Waals surface area contributed by atoms with Crippen LogP contribution >= 0.6 is 15.9 Å². The van der Waals surface area contributed by atoms with E-state index in [4.69, 9.17) is 4.74 Å². The van der Waals surface area contributed by atoms with E-state index < -0.39 is 0 Å². The zero-order valence-electron chi connectivity index (χ0n) is 10.6. The smallest absolute Gasteiger partial charge is 0.120 e. The predicted molar refractivity (Wildman–Crippen MR) is 71.9 cm³/mol. The van der Waals surface area contributed by atoms with Crippen LogP contribution in [0.1, 0.15) is 32.4 Å². The molecule has 0 radical (unpaired) electrons. The maximum absolute atomic E-state index is 5.20. The molecule has 1 rings (SSSR count). The number of hydrogen-bond donors (Lipinski definition) is 1. The summed E-state index contributed by atoms with van der Waals surface area (Å²) < 4.78 is 6.28. The van der Waals surface area contributed by atoms with Crippen LogP contribution in [0.15, 0.2) is 22.7 Å². The molecule has 1 aromatic carbocycles. The molecule has 3 heteroatoms. The lowest BCUT2D eigenvalue weighted by Crippen LogP contribution is -2.29. The Morgan fingerprint density at radius 1 is 1.31 bits per heavy atom. The fourth-order valence-electron chi connectivity index (χ4n) is 1.92. The summed E-state index contributed by atoms with van der Waals surface area (Å²) in [5.74, 6) is 0.874. The summed E-state index contributed by atoms with van der Waals surface area (Å²) in [6.45, 7) is 6.68. The van der Waals surface area contributed by atoms with Crippen molar-refractivity contribution in [1.29, 1.82) is 0 Å². The van der Waals surface area contributed by atoms with E-state index in [9.17, 15) is 0 Å². The van der Waals surface area contributed by atoms with Crippen molar-refractivity contribution in [2.24, 2.45) is 5.41 Å². The van der Waals surface area contributed by atoms with E-state index in [1.807, 2.05) is 19.2 Å². The van der Waals surface area contributed by atoms with Gasteiger partial charge in [-0.1, -0.05) is 42.8 Å². The first-order valence-corrected chi connectivity index (χ1v) is 6.20. The third-order valence-electron chi connectivity index (χ3n) is 2.67. The Labute approximate surface area is 107 Å². The van der Waals surface area contributed by atoms with Gasteiger partial charge < -0.3 is 10.1 Å². The van der Waals surface area contributed by atoms with Gasteiger partial charge in [-0.15, -0.1) is 0 Å². The van der Waals surface area contributed by atoms with E-state index in [0.717, 1.165) is 10.2 Å². The largest absolute Gasteiger partial charge is 0.497 e. The average Bonchev–Trinajstić information content (AvgIpc) is 2.19. The lowest BCUT2D eigenvalue weighted by molar-refractivity contribution is 0.286. The van der Waals surface area contributed by atoms with Gasteiger partial charge in [0.25, 0.3) is 0 Å². The minimum Gasteiger partial charge on any atom is -0.497 e. The monoisotopic (exact) mass is 285 g/mol. The number of halogens is 1. The van der Waals surface area contributed by atoms with Crippen LogP contribution in [-0.4, -0.2) is 14.2 Å². The normalized spacial score (nSPS) is 13.6. The molecule has 1 N–H and O–H groups in total. The molecule has 0 amide bonds. The summed E-state index contributed by atoms with van der Waals surface area (Å²) in [6.07, 6.45) is 0. The van der Waals surface area contributed by atoms with Crippen LogP contribution in [0.3, 0.4) is 0 Å². The number of ether oxygens (including phenoxy) is 1. The second kappa shape index (κ2) is 5.19. The zero-order chi connectivity index (χ0) is 12.3.